The van der Waals surface area contributed by atoms with Crippen LogP contribution in [-0.2, 0) is 0 Å². The van der Waals surface area contributed by atoms with Gasteiger partial charge in [-0.15, -0.1) is 5.10 Å². The Hall–Kier alpha value is -2.79. The number of nitrogens with one attached hydrogen (secondary N) is 1. The van der Waals surface area contributed by atoms with E-state index in [4.69, 9.17) is 5.26 Å². The number of amides is 2. The summed E-state index contributed by atoms with van der Waals surface area (Å²) >= 11 is 1.13. The maximum absolute atomic E-state index is 12.5. The van der Waals surface area contributed by atoms with Crippen LogP contribution in [0.15, 0.2) is 24.3 Å². The molecule has 3 rings (SSSR count). The molecule has 2 heterocycles. The van der Waals surface area contributed by atoms with Crippen LogP contribution in [0.5, 0.6) is 0 Å². The quantitative estimate of drug-likeness (QED) is 0.889. The van der Waals surface area contributed by atoms with E-state index in [1.54, 1.807) is 31.2 Å². The monoisotopic (exact) mass is 369 g/mol. The zero-order valence-corrected chi connectivity index (χ0v) is 15.3. The Morgan fingerprint density at radius 1 is 1.38 bits per heavy atom. The van der Waals surface area contributed by atoms with Crippen molar-refractivity contribution in [2.45, 2.75) is 19.8 Å². The molecule has 2 aromatic rings. The molecule has 0 saturated carbocycles. The summed E-state index contributed by atoms with van der Waals surface area (Å²) < 4.78 is 3.82. The van der Waals surface area contributed by atoms with Gasteiger partial charge >= 0.3 is 0 Å². The van der Waals surface area contributed by atoms with Gasteiger partial charge in [-0.3, -0.25) is 9.59 Å². The second kappa shape index (κ2) is 8.06. The third-order valence-electron chi connectivity index (χ3n) is 4.55. The van der Waals surface area contributed by atoms with E-state index < -0.39 is 0 Å². The highest BCUT2D eigenvalue weighted by atomic mass is 32.1. The molecule has 1 N–H and O–H groups in total. The smallest absolute Gasteiger partial charge is 0.267 e. The Morgan fingerprint density at radius 2 is 2.15 bits per heavy atom. The van der Waals surface area contributed by atoms with Crippen molar-refractivity contribution in [3.8, 4) is 6.07 Å². The molecular weight excluding hydrogens is 350 g/mol. The summed E-state index contributed by atoms with van der Waals surface area (Å²) in [7, 11) is 0. The lowest BCUT2D eigenvalue weighted by Gasteiger charge is -2.31. The van der Waals surface area contributed by atoms with Crippen molar-refractivity contribution in [2.75, 3.05) is 19.6 Å². The molecule has 1 saturated heterocycles. The molecule has 0 aliphatic carbocycles. The van der Waals surface area contributed by atoms with Crippen LogP contribution in [0.2, 0.25) is 0 Å². The summed E-state index contributed by atoms with van der Waals surface area (Å²) in [5, 5.41) is 15.7. The average molecular weight is 369 g/mol. The first-order valence-electron chi connectivity index (χ1n) is 8.45. The maximum Gasteiger partial charge on any atom is 0.267 e. The summed E-state index contributed by atoms with van der Waals surface area (Å²) in [6.07, 6.45) is 1.69. The van der Waals surface area contributed by atoms with E-state index in [9.17, 15) is 9.59 Å². The van der Waals surface area contributed by atoms with Crippen molar-refractivity contribution in [1.82, 2.24) is 19.8 Å². The predicted octanol–water partition coefficient (Wildman–Crippen LogP) is 2.00. The number of nitrogens with zero attached hydrogens (tertiary/aromatic N) is 4. The highest BCUT2D eigenvalue weighted by Crippen LogP contribution is 2.20. The van der Waals surface area contributed by atoms with Gasteiger partial charge in [0.25, 0.3) is 11.8 Å². The number of carbonyl (C=O) groups excluding carboxylic acids is 2. The molecule has 0 bridgehead atoms. The van der Waals surface area contributed by atoms with Gasteiger partial charge in [0.15, 0.2) is 0 Å². The van der Waals surface area contributed by atoms with Crippen LogP contribution in [-0.4, -0.2) is 45.9 Å². The second-order valence-electron chi connectivity index (χ2n) is 6.33. The molecule has 1 aliphatic rings. The zero-order chi connectivity index (χ0) is 18.5. The highest BCUT2D eigenvalue weighted by Gasteiger charge is 2.26. The summed E-state index contributed by atoms with van der Waals surface area (Å²) in [5.41, 5.74) is 1.64. The van der Waals surface area contributed by atoms with E-state index in [-0.39, 0.29) is 11.8 Å². The lowest BCUT2D eigenvalue weighted by Crippen LogP contribution is -2.41. The topological polar surface area (TPSA) is 99.0 Å². The fourth-order valence-electron chi connectivity index (χ4n) is 2.98. The maximum atomic E-state index is 12.5. The fraction of sp³-hybridized carbons (Fsp3) is 0.389. The highest BCUT2D eigenvalue weighted by molar-refractivity contribution is 7.07. The Balaban J connectivity index is 1.48. The summed E-state index contributed by atoms with van der Waals surface area (Å²) in [6.45, 7) is 3.69. The molecule has 1 fully saturated rings. The number of aryl methyl sites for hydroxylation is 1. The number of likely N-dealkylation sites (tertiary alicyclic amines) is 1. The first kappa shape index (κ1) is 18.0. The first-order valence-corrected chi connectivity index (χ1v) is 9.22. The Bertz CT molecular complexity index is 849. The van der Waals surface area contributed by atoms with Gasteiger partial charge in [0, 0.05) is 25.2 Å². The van der Waals surface area contributed by atoms with Crippen molar-refractivity contribution in [2.24, 2.45) is 5.92 Å². The van der Waals surface area contributed by atoms with Crippen molar-refractivity contribution >= 4 is 23.3 Å². The molecule has 1 aliphatic heterocycles. The summed E-state index contributed by atoms with van der Waals surface area (Å²) in [6, 6.07) is 8.69. The van der Waals surface area contributed by atoms with E-state index in [2.05, 4.69) is 14.9 Å². The van der Waals surface area contributed by atoms with Gasteiger partial charge in [-0.25, -0.2) is 0 Å². The van der Waals surface area contributed by atoms with Crippen molar-refractivity contribution in [3.05, 3.63) is 46.0 Å². The lowest BCUT2D eigenvalue weighted by molar-refractivity contribution is 0.0688. The molecule has 0 radical (unpaired) electrons. The van der Waals surface area contributed by atoms with Crippen LogP contribution in [0.4, 0.5) is 0 Å². The van der Waals surface area contributed by atoms with E-state index >= 15 is 0 Å². The fourth-order valence-corrected chi connectivity index (χ4v) is 3.61. The SMILES string of the molecule is Cc1nnsc1C(=O)N1CCC(CNC(=O)c2cccc(C#N)c2)CC1. The molecule has 2 amide bonds. The van der Waals surface area contributed by atoms with Gasteiger partial charge in [0.2, 0.25) is 0 Å². The van der Waals surface area contributed by atoms with Crippen LogP contribution in [0.1, 0.15) is 44.1 Å². The van der Waals surface area contributed by atoms with E-state index in [1.165, 1.54) is 0 Å². The number of rotatable bonds is 4. The van der Waals surface area contributed by atoms with Gasteiger partial charge in [0.1, 0.15) is 4.88 Å². The molecule has 26 heavy (non-hydrogen) atoms. The number of nitriles is 1. The van der Waals surface area contributed by atoms with Gasteiger partial charge in [-0.05, 0) is 55.4 Å². The van der Waals surface area contributed by atoms with Gasteiger partial charge < -0.3 is 10.2 Å². The van der Waals surface area contributed by atoms with Crippen molar-refractivity contribution in [3.63, 3.8) is 0 Å². The van der Waals surface area contributed by atoms with E-state index in [1.807, 2.05) is 11.0 Å². The number of piperidine rings is 1. The van der Waals surface area contributed by atoms with E-state index in [0.29, 0.717) is 47.3 Å². The minimum atomic E-state index is -0.174. The molecule has 134 valence electrons. The van der Waals surface area contributed by atoms with Gasteiger partial charge in [-0.1, -0.05) is 10.6 Å². The Kier molecular flexibility index (Phi) is 5.58. The largest absolute Gasteiger partial charge is 0.352 e. The van der Waals surface area contributed by atoms with Crippen LogP contribution in [0, 0.1) is 24.2 Å². The van der Waals surface area contributed by atoms with Crippen LogP contribution >= 0.6 is 11.5 Å². The first-order chi connectivity index (χ1) is 12.6. The molecule has 1 aromatic carbocycles. The zero-order valence-electron chi connectivity index (χ0n) is 14.4. The van der Waals surface area contributed by atoms with Gasteiger partial charge in [-0.2, -0.15) is 5.26 Å². The lowest BCUT2D eigenvalue weighted by atomic mass is 9.96. The summed E-state index contributed by atoms with van der Waals surface area (Å²) in [4.78, 5) is 27.1. The number of hydrogen-bond acceptors (Lipinski definition) is 6. The van der Waals surface area contributed by atoms with Crippen LogP contribution < -0.4 is 5.32 Å². The predicted molar refractivity (Wildman–Crippen MR) is 96.8 cm³/mol. The molecule has 1 aromatic heterocycles. The van der Waals surface area contributed by atoms with Crippen LogP contribution in [0.25, 0.3) is 0 Å². The molecule has 0 atom stereocenters. The van der Waals surface area contributed by atoms with E-state index in [0.717, 1.165) is 24.4 Å². The Morgan fingerprint density at radius 3 is 2.81 bits per heavy atom. The molecule has 0 spiro atoms. The second-order valence-corrected chi connectivity index (χ2v) is 7.08. The van der Waals surface area contributed by atoms with Crippen molar-refractivity contribution in [1.29, 1.82) is 5.26 Å². The number of hydrogen-bond donors (Lipinski definition) is 1. The molecule has 8 heteroatoms. The molecule has 0 unspecified atom stereocenters. The molecule has 7 nitrogen and oxygen atoms in total. The number of carbonyl (C=O) groups is 2. The molecular formula is C18H19N5O2S. The minimum absolute atomic E-state index is 0.00620. The van der Waals surface area contributed by atoms with Crippen molar-refractivity contribution < 1.29 is 9.59 Å². The summed E-state index contributed by atoms with van der Waals surface area (Å²) in [5.74, 6) is 0.156. The Labute approximate surface area is 155 Å². The normalized spacial score (nSPS) is 14.7. The minimum Gasteiger partial charge on any atom is -0.352 e. The third-order valence-corrected chi connectivity index (χ3v) is 5.37. The number of aromatic nitrogens is 2. The average Bonchev–Trinajstić information content (AvgIpc) is 3.12. The number of benzene rings is 1. The standard InChI is InChI=1S/C18H19N5O2S/c1-12-16(26-22-21-12)18(25)23-7-5-13(6-8-23)11-20-17(24)15-4-2-3-14(9-15)10-19/h2-4,9,13H,5-8,11H2,1H3,(H,20,24). The van der Waals surface area contributed by atoms with Gasteiger partial charge in [0.05, 0.1) is 17.3 Å². The van der Waals surface area contributed by atoms with Crippen LogP contribution in [0.3, 0.4) is 0 Å². The third kappa shape index (κ3) is 4.06.